The summed E-state index contributed by atoms with van der Waals surface area (Å²) in [6.07, 6.45) is 1.86. The highest BCUT2D eigenvalue weighted by molar-refractivity contribution is 7.10. The fourth-order valence-electron chi connectivity index (χ4n) is 4.83. The van der Waals surface area contributed by atoms with Gasteiger partial charge < -0.3 is 10.1 Å². The lowest BCUT2D eigenvalue weighted by Gasteiger charge is -2.39. The molecule has 0 spiro atoms. The molecule has 5 rings (SSSR count). The number of Topliss-reactive ketones (excluding diaryl/α,β-unsaturated/α-hetero) is 1. The third kappa shape index (κ3) is 4.45. The van der Waals surface area contributed by atoms with Crippen LogP contribution in [0.15, 0.2) is 88.9 Å². The average Bonchev–Trinajstić information content (AvgIpc) is 3.53. The first kappa shape index (κ1) is 21.9. The van der Waals surface area contributed by atoms with Gasteiger partial charge in [-0.15, -0.1) is 22.7 Å². The van der Waals surface area contributed by atoms with Gasteiger partial charge in [0.1, 0.15) is 5.92 Å². The first-order valence-electron chi connectivity index (χ1n) is 11.1. The third-order valence-corrected chi connectivity index (χ3v) is 8.36. The van der Waals surface area contributed by atoms with Crippen molar-refractivity contribution in [1.29, 1.82) is 0 Å². The number of ether oxygens (including phenoxy) is 1. The second-order valence-corrected chi connectivity index (χ2v) is 10.4. The van der Waals surface area contributed by atoms with Gasteiger partial charge in [-0.3, -0.25) is 9.59 Å². The second-order valence-electron chi connectivity index (χ2n) is 8.46. The van der Waals surface area contributed by atoms with Gasteiger partial charge in [0.25, 0.3) is 0 Å². The van der Waals surface area contributed by atoms with Crippen molar-refractivity contribution in [3.8, 4) is 0 Å². The predicted molar refractivity (Wildman–Crippen MR) is 132 cm³/mol. The molecule has 1 aromatic carbocycles. The minimum absolute atomic E-state index is 0.107. The predicted octanol–water partition coefficient (Wildman–Crippen LogP) is 5.81. The quantitative estimate of drug-likeness (QED) is 0.457. The van der Waals surface area contributed by atoms with Crippen LogP contribution in [-0.4, -0.2) is 18.4 Å². The minimum atomic E-state index is -0.625. The maximum atomic E-state index is 13.4. The Morgan fingerprint density at radius 1 is 1.00 bits per heavy atom. The molecule has 0 fully saturated rings. The van der Waals surface area contributed by atoms with E-state index in [4.69, 9.17) is 4.74 Å². The molecule has 3 unspecified atom stereocenters. The first-order chi connectivity index (χ1) is 16.1. The molecule has 3 atom stereocenters. The summed E-state index contributed by atoms with van der Waals surface area (Å²) >= 11 is 3.25. The van der Waals surface area contributed by atoms with Gasteiger partial charge in [0.15, 0.2) is 5.78 Å². The number of esters is 1. The lowest BCUT2D eigenvalue weighted by atomic mass is 9.71. The maximum Gasteiger partial charge on any atom is 0.315 e. The molecular weight excluding hydrogens is 450 g/mol. The van der Waals surface area contributed by atoms with Crippen molar-refractivity contribution in [2.24, 2.45) is 5.92 Å². The summed E-state index contributed by atoms with van der Waals surface area (Å²) in [5, 5.41) is 7.38. The average molecular weight is 476 g/mol. The van der Waals surface area contributed by atoms with Crippen LogP contribution in [-0.2, 0) is 20.7 Å². The van der Waals surface area contributed by atoms with E-state index in [9.17, 15) is 9.59 Å². The molecule has 4 nitrogen and oxygen atoms in total. The summed E-state index contributed by atoms with van der Waals surface area (Å²) in [4.78, 5) is 28.9. The SMILES string of the molecule is C=C1NC2=C(C(=O)CC(c3cccs3)C2)C(c2cccs2)C1C(=O)OCCc1ccccc1. The lowest BCUT2D eigenvalue weighted by Crippen LogP contribution is -2.42. The summed E-state index contributed by atoms with van der Waals surface area (Å²) in [5.41, 5.74) is 3.35. The summed E-state index contributed by atoms with van der Waals surface area (Å²) in [5.74, 6) is -1.04. The zero-order valence-corrected chi connectivity index (χ0v) is 19.8. The Morgan fingerprint density at radius 3 is 2.42 bits per heavy atom. The molecular formula is C27H25NO3S2. The van der Waals surface area contributed by atoms with Gasteiger partial charge in [-0.2, -0.15) is 0 Å². The van der Waals surface area contributed by atoms with Gasteiger partial charge in [0, 0.05) is 51.4 Å². The molecule has 0 radical (unpaired) electrons. The van der Waals surface area contributed by atoms with Crippen molar-refractivity contribution in [1.82, 2.24) is 5.32 Å². The summed E-state index contributed by atoms with van der Waals surface area (Å²) in [6, 6.07) is 18.0. The standard InChI is InChI=1S/C27H25NO3S2/c1-17-24(27(30)31-12-11-18-7-3-2-4-8-18)26(23-10-6-14-33-23)25-20(28-17)15-19(16-21(25)29)22-9-5-13-32-22/h2-10,13-14,19,24,26,28H,1,11-12,15-16H2. The number of carbonyl (C=O) groups is 2. The molecule has 0 amide bonds. The number of carbonyl (C=O) groups excluding carboxylic acids is 2. The van der Waals surface area contributed by atoms with E-state index in [2.05, 4.69) is 18.0 Å². The molecule has 1 aliphatic carbocycles. The Balaban J connectivity index is 1.41. The van der Waals surface area contributed by atoms with Crippen molar-refractivity contribution < 1.29 is 14.3 Å². The fourth-order valence-corrected chi connectivity index (χ4v) is 6.53. The number of nitrogens with one attached hydrogen (secondary N) is 1. The molecule has 0 saturated heterocycles. The van der Waals surface area contributed by atoms with Gasteiger partial charge >= 0.3 is 5.97 Å². The Kier molecular flexibility index (Phi) is 6.29. The molecule has 3 heterocycles. The van der Waals surface area contributed by atoms with Crippen molar-refractivity contribution >= 4 is 34.4 Å². The van der Waals surface area contributed by atoms with E-state index >= 15 is 0 Å². The highest BCUT2D eigenvalue weighted by Crippen LogP contribution is 2.48. The third-order valence-electron chi connectivity index (χ3n) is 6.37. The molecule has 3 aromatic rings. The number of hydrogen-bond donors (Lipinski definition) is 1. The van der Waals surface area contributed by atoms with Crippen molar-refractivity contribution in [3.05, 3.63) is 104 Å². The molecule has 0 bridgehead atoms. The number of hydrogen-bond acceptors (Lipinski definition) is 6. The largest absolute Gasteiger partial charge is 0.465 e. The zero-order valence-electron chi connectivity index (χ0n) is 18.2. The topological polar surface area (TPSA) is 55.4 Å². The lowest BCUT2D eigenvalue weighted by molar-refractivity contribution is -0.147. The zero-order chi connectivity index (χ0) is 22.8. The Hall–Kier alpha value is -2.96. The highest BCUT2D eigenvalue weighted by Gasteiger charge is 2.46. The van der Waals surface area contributed by atoms with Gasteiger partial charge in [0.2, 0.25) is 0 Å². The second kappa shape index (κ2) is 9.49. The van der Waals surface area contributed by atoms with Crippen LogP contribution in [0, 0.1) is 5.92 Å². The van der Waals surface area contributed by atoms with Crippen LogP contribution < -0.4 is 5.32 Å². The maximum absolute atomic E-state index is 13.4. The number of benzene rings is 1. The first-order valence-corrected chi connectivity index (χ1v) is 12.9. The van der Waals surface area contributed by atoms with E-state index in [1.807, 2.05) is 59.3 Å². The highest BCUT2D eigenvalue weighted by atomic mass is 32.1. The van der Waals surface area contributed by atoms with Gasteiger partial charge in [0.05, 0.1) is 6.61 Å². The number of ketones is 1. The Labute approximate surface area is 201 Å². The van der Waals surface area contributed by atoms with E-state index in [0.29, 0.717) is 25.1 Å². The van der Waals surface area contributed by atoms with Crippen LogP contribution in [0.4, 0.5) is 0 Å². The van der Waals surface area contributed by atoms with E-state index in [1.54, 1.807) is 22.7 Å². The van der Waals surface area contributed by atoms with Gasteiger partial charge in [-0.1, -0.05) is 49.0 Å². The number of rotatable bonds is 6. The fraction of sp³-hybridized carbons (Fsp3) is 0.259. The van der Waals surface area contributed by atoms with Crippen LogP contribution in [0.25, 0.3) is 0 Å². The summed E-state index contributed by atoms with van der Waals surface area (Å²) in [6.45, 7) is 4.49. The Bertz CT molecular complexity index is 1180. The van der Waals surface area contributed by atoms with Crippen molar-refractivity contribution in [2.75, 3.05) is 6.61 Å². The van der Waals surface area contributed by atoms with E-state index in [0.717, 1.165) is 28.1 Å². The minimum Gasteiger partial charge on any atom is -0.465 e. The smallest absolute Gasteiger partial charge is 0.315 e. The molecule has 2 aromatic heterocycles. The van der Waals surface area contributed by atoms with E-state index < -0.39 is 5.92 Å². The Morgan fingerprint density at radius 2 is 1.73 bits per heavy atom. The summed E-state index contributed by atoms with van der Waals surface area (Å²) in [7, 11) is 0. The van der Waals surface area contributed by atoms with Crippen LogP contribution in [0.1, 0.15) is 40.0 Å². The number of allylic oxidation sites excluding steroid dienone is 2. The molecule has 168 valence electrons. The van der Waals surface area contributed by atoms with E-state index in [1.165, 1.54) is 4.88 Å². The molecule has 2 aliphatic rings. The summed E-state index contributed by atoms with van der Waals surface area (Å²) < 4.78 is 5.71. The van der Waals surface area contributed by atoms with Gasteiger partial charge in [-0.05, 0) is 34.9 Å². The monoisotopic (exact) mass is 475 g/mol. The normalized spacial score (nSPS) is 22.6. The molecule has 1 N–H and O–H groups in total. The molecule has 6 heteroatoms. The van der Waals surface area contributed by atoms with Gasteiger partial charge in [-0.25, -0.2) is 0 Å². The van der Waals surface area contributed by atoms with Crippen LogP contribution >= 0.6 is 22.7 Å². The van der Waals surface area contributed by atoms with E-state index in [-0.39, 0.29) is 23.6 Å². The van der Waals surface area contributed by atoms with Crippen LogP contribution in [0.5, 0.6) is 0 Å². The van der Waals surface area contributed by atoms with Crippen molar-refractivity contribution in [3.63, 3.8) is 0 Å². The molecule has 0 saturated carbocycles. The van der Waals surface area contributed by atoms with Crippen molar-refractivity contribution in [2.45, 2.75) is 31.1 Å². The van der Waals surface area contributed by atoms with Crippen LogP contribution in [0.2, 0.25) is 0 Å². The molecule has 33 heavy (non-hydrogen) atoms. The molecule has 1 aliphatic heterocycles. The van der Waals surface area contributed by atoms with Crippen LogP contribution in [0.3, 0.4) is 0 Å². The number of thiophene rings is 2.